The predicted molar refractivity (Wildman–Crippen MR) is 78.8 cm³/mol. The number of hydrogen-bond acceptors (Lipinski definition) is 2. The summed E-state index contributed by atoms with van der Waals surface area (Å²) in [4.78, 5) is 22.2. The van der Waals surface area contributed by atoms with Crippen molar-refractivity contribution in [2.75, 3.05) is 6.54 Å². The minimum absolute atomic E-state index is 0.0512. The van der Waals surface area contributed by atoms with Crippen LogP contribution in [0.1, 0.15) is 37.3 Å². The van der Waals surface area contributed by atoms with Gasteiger partial charge in [-0.15, -0.1) is 0 Å². The van der Waals surface area contributed by atoms with Crippen molar-refractivity contribution >= 4 is 11.9 Å². The van der Waals surface area contributed by atoms with Crippen LogP contribution in [-0.2, 0) is 22.2 Å². The highest BCUT2D eigenvalue weighted by atomic mass is 19.4. The lowest BCUT2D eigenvalue weighted by atomic mass is 9.98. The number of nitrogens with one attached hydrogen (secondary N) is 1. The van der Waals surface area contributed by atoms with Crippen molar-refractivity contribution in [1.29, 1.82) is 0 Å². The molecule has 0 fully saturated rings. The number of carboxylic acids is 1. The van der Waals surface area contributed by atoms with E-state index < -0.39 is 23.6 Å². The number of aliphatic carboxylic acids is 1. The van der Waals surface area contributed by atoms with Gasteiger partial charge in [0.2, 0.25) is 5.91 Å². The van der Waals surface area contributed by atoms with Gasteiger partial charge >= 0.3 is 12.1 Å². The molecule has 0 spiro atoms. The van der Waals surface area contributed by atoms with Crippen molar-refractivity contribution < 1.29 is 27.9 Å². The average Bonchev–Trinajstić information content (AvgIpc) is 2.45. The summed E-state index contributed by atoms with van der Waals surface area (Å²) in [5.41, 5.74) is -0.273. The van der Waals surface area contributed by atoms with Crippen LogP contribution in [0.4, 0.5) is 13.2 Å². The minimum Gasteiger partial charge on any atom is -0.481 e. The molecule has 1 unspecified atom stereocenters. The van der Waals surface area contributed by atoms with E-state index in [9.17, 15) is 22.8 Å². The molecule has 4 nitrogen and oxygen atoms in total. The van der Waals surface area contributed by atoms with Crippen molar-refractivity contribution in [2.24, 2.45) is 5.92 Å². The summed E-state index contributed by atoms with van der Waals surface area (Å²) in [7, 11) is 0. The molecule has 0 aliphatic rings. The Labute approximate surface area is 132 Å². The molecule has 0 saturated carbocycles. The number of halogens is 3. The SMILES string of the molecule is CC(Cc1cccc(C(F)(F)F)c1)C(=O)NCCCCC(=O)O. The Morgan fingerprint density at radius 1 is 1.26 bits per heavy atom. The van der Waals surface area contributed by atoms with E-state index in [0.29, 0.717) is 24.9 Å². The van der Waals surface area contributed by atoms with Gasteiger partial charge in [-0.3, -0.25) is 9.59 Å². The Kier molecular flexibility index (Phi) is 7.06. The molecule has 0 aliphatic heterocycles. The summed E-state index contributed by atoms with van der Waals surface area (Å²) < 4.78 is 37.9. The standard InChI is InChI=1S/C16H20F3NO3/c1-11(15(23)20-8-3-2-7-14(21)22)9-12-5-4-6-13(10-12)16(17,18)19/h4-6,10-11H,2-3,7-9H2,1H3,(H,20,23)(H,21,22). The lowest BCUT2D eigenvalue weighted by Crippen LogP contribution is -2.31. The zero-order valence-corrected chi connectivity index (χ0v) is 12.8. The Hall–Kier alpha value is -2.05. The summed E-state index contributed by atoms with van der Waals surface area (Å²) in [6.07, 6.45) is -3.11. The van der Waals surface area contributed by atoms with Gasteiger partial charge in [-0.05, 0) is 30.9 Å². The number of hydrogen-bond donors (Lipinski definition) is 2. The third-order valence-electron chi connectivity index (χ3n) is 3.36. The van der Waals surface area contributed by atoms with E-state index in [-0.39, 0.29) is 18.7 Å². The zero-order chi connectivity index (χ0) is 17.5. The summed E-state index contributed by atoms with van der Waals surface area (Å²) >= 11 is 0. The van der Waals surface area contributed by atoms with Crippen molar-refractivity contribution in [3.63, 3.8) is 0 Å². The van der Waals surface area contributed by atoms with Crippen LogP contribution >= 0.6 is 0 Å². The molecule has 1 amide bonds. The van der Waals surface area contributed by atoms with Gasteiger partial charge in [0.05, 0.1) is 5.56 Å². The van der Waals surface area contributed by atoms with Crippen LogP contribution < -0.4 is 5.32 Å². The Morgan fingerprint density at radius 2 is 1.96 bits per heavy atom. The molecule has 0 aromatic heterocycles. The first-order chi connectivity index (χ1) is 10.7. The molecular weight excluding hydrogens is 311 g/mol. The van der Waals surface area contributed by atoms with Crippen LogP contribution in [0.3, 0.4) is 0 Å². The number of carbonyl (C=O) groups is 2. The molecule has 0 bridgehead atoms. The van der Waals surface area contributed by atoms with E-state index in [1.165, 1.54) is 6.07 Å². The number of alkyl halides is 3. The van der Waals surface area contributed by atoms with Crippen LogP contribution in [0.15, 0.2) is 24.3 Å². The fourth-order valence-electron chi connectivity index (χ4n) is 2.11. The molecule has 0 aliphatic carbocycles. The third-order valence-corrected chi connectivity index (χ3v) is 3.36. The van der Waals surface area contributed by atoms with Gasteiger partial charge < -0.3 is 10.4 Å². The summed E-state index contributed by atoms with van der Waals surface area (Å²) in [6.45, 7) is 2.01. The van der Waals surface area contributed by atoms with E-state index in [4.69, 9.17) is 5.11 Å². The van der Waals surface area contributed by atoms with Gasteiger partial charge in [0.1, 0.15) is 0 Å². The second-order valence-electron chi connectivity index (χ2n) is 5.45. The molecule has 1 atom stereocenters. The maximum Gasteiger partial charge on any atom is 0.416 e. The van der Waals surface area contributed by atoms with Crippen LogP contribution in [0.25, 0.3) is 0 Å². The average molecular weight is 331 g/mol. The summed E-state index contributed by atoms with van der Waals surface area (Å²) in [5.74, 6) is -1.59. The highest BCUT2D eigenvalue weighted by Crippen LogP contribution is 2.29. The molecule has 7 heteroatoms. The van der Waals surface area contributed by atoms with Crippen LogP contribution in [0.2, 0.25) is 0 Å². The molecule has 1 aromatic carbocycles. The zero-order valence-electron chi connectivity index (χ0n) is 12.8. The van der Waals surface area contributed by atoms with Crippen molar-refractivity contribution in [3.05, 3.63) is 35.4 Å². The van der Waals surface area contributed by atoms with Crippen molar-refractivity contribution in [1.82, 2.24) is 5.32 Å². The Morgan fingerprint density at radius 3 is 2.57 bits per heavy atom. The first kappa shape index (κ1) is 19.0. The number of amides is 1. The normalized spacial score (nSPS) is 12.7. The topological polar surface area (TPSA) is 66.4 Å². The molecule has 1 rings (SSSR count). The van der Waals surface area contributed by atoms with Gasteiger partial charge in [-0.25, -0.2) is 0 Å². The van der Waals surface area contributed by atoms with Gasteiger partial charge in [0.25, 0.3) is 0 Å². The van der Waals surface area contributed by atoms with Crippen LogP contribution in [0.5, 0.6) is 0 Å². The van der Waals surface area contributed by atoms with E-state index in [1.54, 1.807) is 13.0 Å². The molecule has 0 heterocycles. The van der Waals surface area contributed by atoms with Gasteiger partial charge in [0, 0.05) is 18.9 Å². The first-order valence-corrected chi connectivity index (χ1v) is 7.36. The summed E-state index contributed by atoms with van der Waals surface area (Å²) in [6, 6.07) is 4.94. The summed E-state index contributed by atoms with van der Waals surface area (Å²) in [5, 5.41) is 11.2. The van der Waals surface area contributed by atoms with E-state index >= 15 is 0 Å². The minimum atomic E-state index is -4.40. The molecule has 2 N–H and O–H groups in total. The molecule has 1 aromatic rings. The quantitative estimate of drug-likeness (QED) is 0.719. The van der Waals surface area contributed by atoms with Crippen molar-refractivity contribution in [2.45, 2.75) is 38.8 Å². The molecule has 0 radical (unpaired) electrons. The molecule has 0 saturated heterocycles. The van der Waals surface area contributed by atoms with Crippen molar-refractivity contribution in [3.8, 4) is 0 Å². The fraction of sp³-hybridized carbons (Fsp3) is 0.500. The highest BCUT2D eigenvalue weighted by molar-refractivity contribution is 5.78. The highest BCUT2D eigenvalue weighted by Gasteiger charge is 2.30. The number of unbranched alkanes of at least 4 members (excludes halogenated alkanes) is 1. The smallest absolute Gasteiger partial charge is 0.416 e. The number of rotatable bonds is 8. The molecular formula is C16H20F3NO3. The first-order valence-electron chi connectivity index (χ1n) is 7.36. The Bertz CT molecular complexity index is 544. The van der Waals surface area contributed by atoms with Gasteiger partial charge in [-0.2, -0.15) is 13.2 Å². The van der Waals surface area contributed by atoms with Crippen LogP contribution in [-0.4, -0.2) is 23.5 Å². The van der Waals surface area contributed by atoms with E-state index in [2.05, 4.69) is 5.32 Å². The van der Waals surface area contributed by atoms with Gasteiger partial charge in [-0.1, -0.05) is 25.1 Å². The number of carboxylic acid groups (broad SMARTS) is 1. The molecule has 128 valence electrons. The second kappa shape index (κ2) is 8.55. The predicted octanol–water partition coefficient (Wildman–Crippen LogP) is 3.26. The number of benzene rings is 1. The second-order valence-corrected chi connectivity index (χ2v) is 5.45. The van der Waals surface area contributed by atoms with Crippen LogP contribution in [0, 0.1) is 5.92 Å². The van der Waals surface area contributed by atoms with Gasteiger partial charge in [0.15, 0.2) is 0 Å². The largest absolute Gasteiger partial charge is 0.481 e. The van der Waals surface area contributed by atoms with E-state index in [1.807, 2.05) is 0 Å². The lowest BCUT2D eigenvalue weighted by Gasteiger charge is -2.13. The monoisotopic (exact) mass is 331 g/mol. The maximum absolute atomic E-state index is 12.6. The number of carbonyl (C=O) groups excluding carboxylic acids is 1. The van der Waals surface area contributed by atoms with E-state index in [0.717, 1.165) is 12.1 Å². The Balaban J connectivity index is 2.44. The molecule has 23 heavy (non-hydrogen) atoms. The third kappa shape index (κ3) is 7.17. The lowest BCUT2D eigenvalue weighted by molar-refractivity contribution is -0.138. The fourth-order valence-corrected chi connectivity index (χ4v) is 2.11. The maximum atomic E-state index is 12.6.